The molecule has 0 radical (unpaired) electrons. The first-order valence-electron chi connectivity index (χ1n) is 5.33. The monoisotopic (exact) mass is 250 g/mol. The van der Waals surface area contributed by atoms with Crippen LogP contribution in [0.1, 0.15) is 40.0 Å². The van der Waals surface area contributed by atoms with Crippen LogP contribution in [0.3, 0.4) is 0 Å². The van der Waals surface area contributed by atoms with E-state index in [9.17, 15) is 9.36 Å². The van der Waals surface area contributed by atoms with Crippen molar-refractivity contribution in [1.82, 2.24) is 0 Å². The summed E-state index contributed by atoms with van der Waals surface area (Å²) < 4.78 is 15.9. The molecule has 0 aromatic heterocycles. The van der Waals surface area contributed by atoms with Gasteiger partial charge in [0.05, 0.1) is 6.61 Å². The quantitative estimate of drug-likeness (QED) is 0.429. The van der Waals surface area contributed by atoms with Crippen molar-refractivity contribution in [3.8, 4) is 0 Å². The van der Waals surface area contributed by atoms with Crippen molar-refractivity contribution in [3.05, 3.63) is 10.9 Å². The summed E-state index contributed by atoms with van der Waals surface area (Å²) in [6.07, 6.45) is 1.66. The van der Waals surface area contributed by atoms with E-state index < -0.39 is 18.9 Å². The van der Waals surface area contributed by atoms with Crippen LogP contribution in [0.5, 0.6) is 0 Å². The van der Waals surface area contributed by atoms with Crippen molar-refractivity contribution in [2.45, 2.75) is 40.0 Å². The van der Waals surface area contributed by atoms with E-state index in [1.165, 1.54) is 0 Å². The van der Waals surface area contributed by atoms with Gasteiger partial charge >= 0.3 is 13.6 Å². The van der Waals surface area contributed by atoms with Crippen molar-refractivity contribution in [1.29, 1.82) is 0 Å². The third-order valence-electron chi connectivity index (χ3n) is 2.07. The van der Waals surface area contributed by atoms with Gasteiger partial charge in [-0.1, -0.05) is 20.3 Å². The van der Waals surface area contributed by atoms with Crippen LogP contribution >= 0.6 is 7.60 Å². The molecule has 0 aliphatic carbocycles. The Morgan fingerprint density at radius 1 is 1.25 bits per heavy atom. The second-order valence-electron chi connectivity index (χ2n) is 3.32. The van der Waals surface area contributed by atoms with Gasteiger partial charge in [0.2, 0.25) is 0 Å². The average molecular weight is 250 g/mol. The molecule has 0 atom stereocenters. The lowest BCUT2D eigenvalue weighted by molar-refractivity contribution is -0.137. The van der Waals surface area contributed by atoms with E-state index in [1.807, 2.05) is 6.92 Å². The third kappa shape index (κ3) is 4.47. The zero-order chi connectivity index (χ0) is 12.8. The Labute approximate surface area is 95.7 Å². The second-order valence-corrected chi connectivity index (χ2v) is 4.86. The average Bonchev–Trinajstić information content (AvgIpc) is 2.15. The highest BCUT2D eigenvalue weighted by atomic mass is 31.2. The number of carbonyl (C=O) groups excluding carboxylic acids is 1. The summed E-state index contributed by atoms with van der Waals surface area (Å²) in [7, 11) is -4.56. The smallest absolute Gasteiger partial charge is 0.363 e. The van der Waals surface area contributed by atoms with Crippen molar-refractivity contribution in [2.24, 2.45) is 0 Å². The fourth-order valence-electron chi connectivity index (χ4n) is 1.43. The van der Waals surface area contributed by atoms with Crippen LogP contribution in [-0.4, -0.2) is 22.4 Å². The molecule has 0 unspecified atom stereocenters. The number of allylic oxidation sites excluding steroid dienone is 1. The number of hydrogen-bond acceptors (Lipinski definition) is 3. The first-order chi connectivity index (χ1) is 7.38. The van der Waals surface area contributed by atoms with Crippen LogP contribution in [0, 0.1) is 0 Å². The van der Waals surface area contributed by atoms with Crippen molar-refractivity contribution < 1.29 is 23.9 Å². The summed E-state index contributed by atoms with van der Waals surface area (Å²) in [5, 5.41) is -0.460. The lowest BCUT2D eigenvalue weighted by Gasteiger charge is -2.13. The molecular formula is C10H19O5P. The predicted octanol–water partition coefficient (Wildman–Crippen LogP) is 2.19. The van der Waals surface area contributed by atoms with Gasteiger partial charge < -0.3 is 14.5 Å². The van der Waals surface area contributed by atoms with Gasteiger partial charge in [-0.05, 0) is 25.3 Å². The van der Waals surface area contributed by atoms with E-state index in [4.69, 9.17) is 9.79 Å². The summed E-state index contributed by atoms with van der Waals surface area (Å²) >= 11 is 0. The maximum absolute atomic E-state index is 11.5. The van der Waals surface area contributed by atoms with Crippen LogP contribution in [0.4, 0.5) is 0 Å². The van der Waals surface area contributed by atoms with Gasteiger partial charge in [0.25, 0.3) is 0 Å². The molecule has 0 aromatic rings. The largest absolute Gasteiger partial charge is 0.462 e. The van der Waals surface area contributed by atoms with Crippen molar-refractivity contribution in [2.75, 3.05) is 6.61 Å². The minimum atomic E-state index is -4.56. The fourth-order valence-corrected chi connectivity index (χ4v) is 2.42. The Balaban J connectivity index is 5.36. The standard InChI is InChI=1S/C10H19O5P/c1-4-7-8(5-2)9(16(12,13)14)10(11)15-6-3/h4-7H2,1-3H3,(H2,12,13,14)/b9-8-. The molecule has 0 aliphatic rings. The lowest BCUT2D eigenvalue weighted by atomic mass is 10.1. The highest BCUT2D eigenvalue weighted by molar-refractivity contribution is 7.58. The van der Waals surface area contributed by atoms with Gasteiger partial charge in [0, 0.05) is 0 Å². The Morgan fingerprint density at radius 2 is 1.81 bits per heavy atom. The number of carbonyl (C=O) groups is 1. The highest BCUT2D eigenvalue weighted by Gasteiger charge is 2.32. The normalized spacial score (nSPS) is 13.3. The topological polar surface area (TPSA) is 83.8 Å². The molecule has 6 heteroatoms. The number of ether oxygens (including phenoxy) is 1. The highest BCUT2D eigenvalue weighted by Crippen LogP contribution is 2.48. The van der Waals surface area contributed by atoms with Crippen LogP contribution in [0.2, 0.25) is 0 Å². The molecule has 0 saturated carbocycles. The van der Waals surface area contributed by atoms with Crippen LogP contribution < -0.4 is 0 Å². The van der Waals surface area contributed by atoms with Crippen LogP contribution in [0.15, 0.2) is 10.9 Å². The summed E-state index contributed by atoms with van der Waals surface area (Å²) in [5.74, 6) is -0.902. The molecular weight excluding hydrogens is 231 g/mol. The van der Waals surface area contributed by atoms with E-state index in [1.54, 1.807) is 13.8 Å². The molecule has 0 spiro atoms. The van der Waals surface area contributed by atoms with Crippen LogP contribution in [0.25, 0.3) is 0 Å². The van der Waals surface area contributed by atoms with E-state index in [0.717, 1.165) is 6.42 Å². The first-order valence-corrected chi connectivity index (χ1v) is 6.94. The van der Waals surface area contributed by atoms with Gasteiger partial charge in [-0.2, -0.15) is 0 Å². The van der Waals surface area contributed by atoms with E-state index in [-0.39, 0.29) is 6.61 Å². The van der Waals surface area contributed by atoms with Gasteiger partial charge in [-0.15, -0.1) is 0 Å². The van der Waals surface area contributed by atoms with Crippen molar-refractivity contribution in [3.63, 3.8) is 0 Å². The van der Waals surface area contributed by atoms with E-state index >= 15 is 0 Å². The molecule has 0 bridgehead atoms. The first kappa shape index (κ1) is 15.4. The molecule has 0 heterocycles. The third-order valence-corrected chi connectivity index (χ3v) is 3.15. The Bertz CT molecular complexity index is 315. The minimum Gasteiger partial charge on any atom is -0.462 e. The Hall–Kier alpha value is -0.640. The van der Waals surface area contributed by atoms with Crippen LogP contribution in [-0.2, 0) is 14.1 Å². The molecule has 2 N–H and O–H groups in total. The molecule has 0 amide bonds. The minimum absolute atomic E-state index is 0.103. The number of esters is 1. The van der Waals surface area contributed by atoms with Gasteiger partial charge in [0.15, 0.2) is 0 Å². The lowest BCUT2D eigenvalue weighted by Crippen LogP contribution is -2.11. The number of rotatable bonds is 6. The second kappa shape index (κ2) is 6.84. The van der Waals surface area contributed by atoms with Gasteiger partial charge in [-0.3, -0.25) is 4.57 Å². The van der Waals surface area contributed by atoms with Gasteiger partial charge in [0.1, 0.15) is 5.31 Å². The molecule has 5 nitrogen and oxygen atoms in total. The molecule has 0 saturated heterocycles. The molecule has 0 aromatic carbocycles. The maximum atomic E-state index is 11.5. The Kier molecular flexibility index (Phi) is 6.56. The summed E-state index contributed by atoms with van der Waals surface area (Å²) in [4.78, 5) is 29.8. The SMILES string of the molecule is CCC/C(CC)=C(/C(=O)OCC)P(=O)(O)O. The Morgan fingerprint density at radius 3 is 2.12 bits per heavy atom. The summed E-state index contributed by atoms with van der Waals surface area (Å²) in [6.45, 7) is 5.35. The molecule has 0 fully saturated rings. The zero-order valence-electron chi connectivity index (χ0n) is 9.89. The molecule has 0 aliphatic heterocycles. The summed E-state index contributed by atoms with van der Waals surface area (Å²) in [6, 6.07) is 0. The maximum Gasteiger partial charge on any atom is 0.363 e. The van der Waals surface area contributed by atoms with E-state index in [0.29, 0.717) is 18.4 Å². The zero-order valence-corrected chi connectivity index (χ0v) is 10.8. The summed E-state index contributed by atoms with van der Waals surface area (Å²) in [5.41, 5.74) is 0.481. The van der Waals surface area contributed by atoms with Crippen molar-refractivity contribution >= 4 is 13.6 Å². The molecule has 0 rings (SSSR count). The van der Waals surface area contributed by atoms with E-state index in [2.05, 4.69) is 4.74 Å². The number of hydrogen-bond donors (Lipinski definition) is 2. The van der Waals surface area contributed by atoms with Gasteiger partial charge in [-0.25, -0.2) is 4.79 Å². The molecule has 16 heavy (non-hydrogen) atoms. The molecule has 94 valence electrons. The fraction of sp³-hybridized carbons (Fsp3) is 0.700. The predicted molar refractivity (Wildman–Crippen MR) is 60.9 cm³/mol.